The summed E-state index contributed by atoms with van der Waals surface area (Å²) in [5, 5.41) is 0.995. The van der Waals surface area contributed by atoms with E-state index in [1.807, 2.05) is 84.9 Å². The van der Waals surface area contributed by atoms with Gasteiger partial charge in [-0.25, -0.2) is 0 Å². The summed E-state index contributed by atoms with van der Waals surface area (Å²) in [6.07, 6.45) is 1.75. The van der Waals surface area contributed by atoms with Crippen molar-refractivity contribution in [1.82, 2.24) is 4.98 Å². The minimum absolute atomic E-state index is 0.0955. The van der Waals surface area contributed by atoms with Crippen molar-refractivity contribution in [2.24, 2.45) is 0 Å². The fourth-order valence-corrected chi connectivity index (χ4v) is 3.20. The van der Waals surface area contributed by atoms with Crippen LogP contribution in [0.5, 0.6) is 0 Å². The van der Waals surface area contributed by atoms with Crippen molar-refractivity contribution in [2.75, 3.05) is 4.90 Å². The van der Waals surface area contributed by atoms with E-state index in [-0.39, 0.29) is 5.91 Å². The number of aromatic nitrogens is 1. The number of hydrogen-bond donors (Lipinski definition) is 0. The molecule has 0 saturated carbocycles. The van der Waals surface area contributed by atoms with Gasteiger partial charge in [0.25, 0.3) is 5.91 Å². The average Bonchev–Trinajstić information content (AvgIpc) is 2.70. The maximum atomic E-state index is 13.4. The number of rotatable bonds is 3. The van der Waals surface area contributed by atoms with E-state index in [4.69, 9.17) is 0 Å². The average molecular weight is 403 g/mol. The van der Waals surface area contributed by atoms with Crippen molar-refractivity contribution in [3.05, 3.63) is 101 Å². The molecule has 0 radical (unpaired) electrons. The summed E-state index contributed by atoms with van der Waals surface area (Å²) in [6.45, 7) is 0. The van der Waals surface area contributed by atoms with Crippen molar-refractivity contribution in [3.63, 3.8) is 0 Å². The highest BCUT2D eigenvalue weighted by atomic mass is 79.9. The highest BCUT2D eigenvalue weighted by molar-refractivity contribution is 9.10. The first-order chi connectivity index (χ1) is 12.7. The Morgan fingerprint density at radius 2 is 1.54 bits per heavy atom. The fourth-order valence-electron chi connectivity index (χ4n) is 2.93. The number of amides is 1. The summed E-state index contributed by atoms with van der Waals surface area (Å²) in [4.78, 5) is 19.6. The molecule has 1 aromatic heterocycles. The second-order valence-electron chi connectivity index (χ2n) is 5.84. The minimum atomic E-state index is -0.0955. The third-order valence-corrected chi connectivity index (χ3v) is 4.69. The molecule has 4 aromatic rings. The molecule has 0 aliphatic carbocycles. The molecule has 126 valence electrons. The highest BCUT2D eigenvalue weighted by Gasteiger charge is 2.22. The lowest BCUT2D eigenvalue weighted by Crippen LogP contribution is -2.26. The van der Waals surface area contributed by atoms with Gasteiger partial charge in [0, 0.05) is 27.3 Å². The number of anilines is 2. The summed E-state index contributed by atoms with van der Waals surface area (Å²) in [7, 11) is 0. The number of pyridine rings is 1. The molecule has 4 rings (SSSR count). The zero-order chi connectivity index (χ0) is 17.9. The first kappa shape index (κ1) is 16.5. The number of fused-ring (bicyclic) bond motifs is 1. The lowest BCUT2D eigenvalue weighted by atomic mass is 10.1. The van der Waals surface area contributed by atoms with Crippen LogP contribution in [0.1, 0.15) is 10.4 Å². The van der Waals surface area contributed by atoms with Crippen LogP contribution in [0, 0.1) is 0 Å². The molecule has 0 spiro atoms. The Labute approximate surface area is 160 Å². The number of benzene rings is 3. The summed E-state index contributed by atoms with van der Waals surface area (Å²) in [6, 6.07) is 26.8. The molecule has 26 heavy (non-hydrogen) atoms. The lowest BCUT2D eigenvalue weighted by molar-refractivity contribution is 0.0999. The topological polar surface area (TPSA) is 33.2 Å². The van der Waals surface area contributed by atoms with Gasteiger partial charge in [-0.3, -0.25) is 14.7 Å². The van der Waals surface area contributed by atoms with Gasteiger partial charge in [0.2, 0.25) is 0 Å². The van der Waals surface area contributed by atoms with Gasteiger partial charge in [0.05, 0.1) is 11.2 Å². The van der Waals surface area contributed by atoms with Crippen LogP contribution in [0.4, 0.5) is 11.4 Å². The van der Waals surface area contributed by atoms with E-state index in [9.17, 15) is 4.79 Å². The monoisotopic (exact) mass is 402 g/mol. The number of nitrogens with zero attached hydrogens (tertiary/aromatic N) is 2. The summed E-state index contributed by atoms with van der Waals surface area (Å²) >= 11 is 3.42. The Hall–Kier alpha value is -2.98. The van der Waals surface area contributed by atoms with Crippen LogP contribution in [0.2, 0.25) is 0 Å². The molecule has 0 atom stereocenters. The van der Waals surface area contributed by atoms with E-state index < -0.39 is 0 Å². The van der Waals surface area contributed by atoms with E-state index in [1.165, 1.54) is 0 Å². The smallest absolute Gasteiger partial charge is 0.262 e. The summed E-state index contributed by atoms with van der Waals surface area (Å²) < 4.78 is 0.937. The molecule has 0 aliphatic rings. The van der Waals surface area contributed by atoms with Crippen LogP contribution in [0.3, 0.4) is 0 Å². The number of carbonyl (C=O) groups is 1. The van der Waals surface area contributed by atoms with Crippen LogP contribution < -0.4 is 4.90 Å². The molecular weight excluding hydrogens is 388 g/mol. The quantitative estimate of drug-likeness (QED) is 0.422. The molecule has 3 nitrogen and oxygen atoms in total. The van der Waals surface area contributed by atoms with Gasteiger partial charge >= 0.3 is 0 Å². The van der Waals surface area contributed by atoms with Gasteiger partial charge < -0.3 is 0 Å². The Morgan fingerprint density at radius 3 is 2.31 bits per heavy atom. The Bertz CT molecular complexity index is 1060. The van der Waals surface area contributed by atoms with Gasteiger partial charge in [-0.15, -0.1) is 0 Å². The van der Waals surface area contributed by atoms with Gasteiger partial charge in [-0.05, 0) is 48.5 Å². The Kier molecular flexibility index (Phi) is 4.50. The first-order valence-corrected chi connectivity index (χ1v) is 9.02. The summed E-state index contributed by atoms with van der Waals surface area (Å²) in [5.74, 6) is -0.0955. The molecule has 3 aromatic carbocycles. The molecule has 0 saturated heterocycles. The SMILES string of the molecule is O=C(c1ccc(Br)cc1)N(c1ccccc1)c1cccc2cccnc12. The Balaban J connectivity index is 1.91. The molecule has 0 bridgehead atoms. The highest BCUT2D eigenvalue weighted by Crippen LogP contribution is 2.32. The second-order valence-corrected chi connectivity index (χ2v) is 6.75. The largest absolute Gasteiger partial charge is 0.275 e. The Morgan fingerprint density at radius 1 is 0.808 bits per heavy atom. The molecule has 1 amide bonds. The molecule has 0 N–H and O–H groups in total. The van der Waals surface area contributed by atoms with Gasteiger partial charge in [-0.2, -0.15) is 0 Å². The van der Waals surface area contributed by atoms with Crippen LogP contribution in [0.15, 0.2) is 95.6 Å². The van der Waals surface area contributed by atoms with Crippen LogP contribution in [0.25, 0.3) is 10.9 Å². The van der Waals surface area contributed by atoms with Crippen molar-refractivity contribution in [3.8, 4) is 0 Å². The first-order valence-electron chi connectivity index (χ1n) is 8.23. The maximum Gasteiger partial charge on any atom is 0.262 e. The van der Waals surface area contributed by atoms with Crippen LogP contribution in [-0.4, -0.2) is 10.9 Å². The van der Waals surface area contributed by atoms with E-state index in [0.717, 1.165) is 26.8 Å². The number of para-hydroxylation sites is 2. The maximum absolute atomic E-state index is 13.4. The normalized spacial score (nSPS) is 10.7. The van der Waals surface area contributed by atoms with E-state index in [2.05, 4.69) is 20.9 Å². The van der Waals surface area contributed by atoms with Gasteiger partial charge in [-0.1, -0.05) is 52.3 Å². The minimum Gasteiger partial charge on any atom is -0.275 e. The zero-order valence-corrected chi connectivity index (χ0v) is 15.4. The zero-order valence-electron chi connectivity index (χ0n) is 13.8. The number of hydrogen-bond acceptors (Lipinski definition) is 2. The third-order valence-electron chi connectivity index (χ3n) is 4.16. The van der Waals surface area contributed by atoms with E-state index >= 15 is 0 Å². The van der Waals surface area contributed by atoms with Crippen molar-refractivity contribution >= 4 is 44.1 Å². The van der Waals surface area contributed by atoms with Crippen molar-refractivity contribution in [2.45, 2.75) is 0 Å². The predicted octanol–water partition coefficient (Wildman–Crippen LogP) is 5.98. The second kappa shape index (κ2) is 7.10. The molecule has 0 unspecified atom stereocenters. The van der Waals surface area contributed by atoms with Crippen LogP contribution in [-0.2, 0) is 0 Å². The van der Waals surface area contributed by atoms with Crippen molar-refractivity contribution < 1.29 is 4.79 Å². The standard InChI is InChI=1S/C22H15BrN2O/c23-18-13-11-17(12-14-18)22(26)25(19-8-2-1-3-9-19)20-10-4-6-16-7-5-15-24-21(16)20/h1-15H. The molecule has 0 aliphatic heterocycles. The molecule has 0 fully saturated rings. The van der Waals surface area contributed by atoms with Gasteiger partial charge in [0.1, 0.15) is 0 Å². The van der Waals surface area contributed by atoms with E-state index in [0.29, 0.717) is 5.56 Å². The number of carbonyl (C=O) groups excluding carboxylic acids is 1. The molecule has 1 heterocycles. The van der Waals surface area contributed by atoms with E-state index in [1.54, 1.807) is 11.1 Å². The fraction of sp³-hybridized carbons (Fsp3) is 0. The van der Waals surface area contributed by atoms with Crippen molar-refractivity contribution in [1.29, 1.82) is 0 Å². The third kappa shape index (κ3) is 3.11. The number of halogens is 1. The van der Waals surface area contributed by atoms with Crippen LogP contribution >= 0.6 is 15.9 Å². The lowest BCUT2D eigenvalue weighted by Gasteiger charge is -2.24. The summed E-state index contributed by atoms with van der Waals surface area (Å²) in [5.41, 5.74) is 2.98. The molecular formula is C22H15BrN2O. The predicted molar refractivity (Wildman–Crippen MR) is 109 cm³/mol. The van der Waals surface area contributed by atoms with Gasteiger partial charge in [0.15, 0.2) is 0 Å². The molecule has 4 heteroatoms.